The zero-order valence-corrected chi connectivity index (χ0v) is 2.26. The molecule has 5 heteroatoms. The minimum Gasteiger partial charge on any atom is -0.400 e. The first-order chi connectivity index (χ1) is 2.27. The van der Waals surface area contributed by atoms with Gasteiger partial charge in [-0.2, -0.15) is 4.86 Å². The fourth-order valence-corrected chi connectivity index (χ4v) is 0. The van der Waals surface area contributed by atoms with E-state index in [0.717, 1.165) is 0 Å². The van der Waals surface area contributed by atoms with Crippen LogP contribution in [0.25, 0.3) is 0 Å². The number of halogens is 1. The van der Waals surface area contributed by atoms with E-state index < -0.39 is 7.32 Å². The summed E-state index contributed by atoms with van der Waals surface area (Å²) < 4.78 is 10.1. The monoisotopic (exact) mass is 80.0 g/mol. The Morgan fingerprint density at radius 2 is 1.80 bits per heavy atom. The third-order valence-corrected chi connectivity index (χ3v) is 0.0797. The fraction of sp³-hybridized carbons (Fsp3) is 0. The third kappa shape index (κ3) is 3.87. The van der Waals surface area contributed by atoms with E-state index in [4.69, 9.17) is 10.0 Å². The van der Waals surface area contributed by atoms with Gasteiger partial charge < -0.3 is 10.0 Å². The lowest BCUT2D eigenvalue weighted by atomic mass is 10.3. The molecule has 0 aliphatic rings. The minimum atomic E-state index is -2.28. The summed E-state index contributed by atoms with van der Waals surface area (Å²) in [5.74, 6) is 0. The molecule has 0 rings (SSSR count). The number of hydrogen-bond donors (Lipinski definition) is 2. The first-order valence-electron chi connectivity index (χ1n) is 0.906. The molecule has 0 fully saturated rings. The molecule has 0 spiro atoms. The summed E-state index contributed by atoms with van der Waals surface area (Å²) in [7, 11) is -2.28. The van der Waals surface area contributed by atoms with Gasteiger partial charge in [0, 0.05) is 0 Å². The van der Waals surface area contributed by atoms with Crippen LogP contribution in [0.1, 0.15) is 0 Å². The summed E-state index contributed by atoms with van der Waals surface area (Å²) in [6.45, 7) is 0. The van der Waals surface area contributed by atoms with E-state index in [2.05, 4.69) is 4.86 Å². The fourth-order valence-electron chi connectivity index (χ4n) is 0. The SMILES string of the molecule is OB(O)OF. The molecule has 2 N–H and O–H groups in total. The molecule has 0 bridgehead atoms. The molecule has 0 aliphatic carbocycles. The van der Waals surface area contributed by atoms with Crippen molar-refractivity contribution in [3.05, 3.63) is 0 Å². The summed E-state index contributed by atoms with van der Waals surface area (Å²) in [6, 6.07) is 0. The van der Waals surface area contributed by atoms with Crippen LogP contribution in [0.15, 0.2) is 0 Å². The van der Waals surface area contributed by atoms with Crippen LogP contribution in [0.5, 0.6) is 0 Å². The highest BCUT2D eigenvalue weighted by Gasteiger charge is 2.05. The molecule has 0 atom stereocenters. The quantitative estimate of drug-likeness (QED) is 0.391. The van der Waals surface area contributed by atoms with Crippen molar-refractivity contribution in [3.8, 4) is 0 Å². The molecule has 5 heavy (non-hydrogen) atoms. The van der Waals surface area contributed by atoms with Crippen molar-refractivity contribution in [2.24, 2.45) is 0 Å². The molecule has 0 aromatic heterocycles. The van der Waals surface area contributed by atoms with Crippen molar-refractivity contribution in [3.63, 3.8) is 0 Å². The van der Waals surface area contributed by atoms with Crippen molar-refractivity contribution in [1.29, 1.82) is 0 Å². The molecule has 0 aromatic carbocycles. The van der Waals surface area contributed by atoms with Crippen molar-refractivity contribution in [2.75, 3.05) is 0 Å². The molecule has 0 aliphatic heterocycles. The molecule has 0 heterocycles. The Morgan fingerprint density at radius 1 is 1.60 bits per heavy atom. The topological polar surface area (TPSA) is 49.7 Å². The summed E-state index contributed by atoms with van der Waals surface area (Å²) in [6.07, 6.45) is 0. The molecule has 3 nitrogen and oxygen atoms in total. The summed E-state index contributed by atoms with van der Waals surface area (Å²) in [5, 5.41) is 14.6. The lowest BCUT2D eigenvalue weighted by Crippen LogP contribution is -2.10. The molecule has 30 valence electrons. The van der Waals surface area contributed by atoms with Gasteiger partial charge >= 0.3 is 7.32 Å². The average Bonchev–Trinajstić information content (AvgIpc) is 1.38. The van der Waals surface area contributed by atoms with Crippen LogP contribution in [-0.4, -0.2) is 17.4 Å². The molecule has 0 unspecified atom stereocenters. The van der Waals surface area contributed by atoms with Crippen molar-refractivity contribution >= 4 is 7.32 Å². The molecule has 0 amide bonds. The van der Waals surface area contributed by atoms with Crippen molar-refractivity contribution in [2.45, 2.75) is 0 Å². The second kappa shape index (κ2) is 2.13. The first-order valence-corrected chi connectivity index (χ1v) is 0.906. The molecular formula is H2BFO3. The maximum Gasteiger partial charge on any atom is 0.667 e. The van der Waals surface area contributed by atoms with Gasteiger partial charge in [-0.25, -0.2) is 0 Å². The molecular weight excluding hydrogens is 77.8 g/mol. The van der Waals surface area contributed by atoms with Gasteiger partial charge in [0.15, 0.2) is 0 Å². The molecule has 0 radical (unpaired) electrons. The van der Waals surface area contributed by atoms with Crippen LogP contribution in [0.2, 0.25) is 0 Å². The first kappa shape index (κ1) is 4.87. The van der Waals surface area contributed by atoms with Gasteiger partial charge in [-0.05, 0) is 0 Å². The van der Waals surface area contributed by atoms with Crippen LogP contribution >= 0.6 is 0 Å². The summed E-state index contributed by atoms with van der Waals surface area (Å²) in [4.78, 5) is 2.36. The van der Waals surface area contributed by atoms with E-state index in [1.807, 2.05) is 0 Å². The Morgan fingerprint density at radius 3 is 1.80 bits per heavy atom. The van der Waals surface area contributed by atoms with Gasteiger partial charge in [0.05, 0.1) is 0 Å². The number of hydrogen-bond acceptors (Lipinski definition) is 3. The summed E-state index contributed by atoms with van der Waals surface area (Å²) in [5.41, 5.74) is 0. The maximum absolute atomic E-state index is 10.1. The minimum absolute atomic E-state index is 2.28. The molecule has 0 saturated carbocycles. The van der Waals surface area contributed by atoms with Gasteiger partial charge in [0.1, 0.15) is 0 Å². The van der Waals surface area contributed by atoms with E-state index in [0.29, 0.717) is 0 Å². The Labute approximate surface area is 28.1 Å². The lowest BCUT2D eigenvalue weighted by Gasteiger charge is -1.78. The Kier molecular flexibility index (Phi) is 2.08. The Bertz CT molecular complexity index is 20.9. The zero-order valence-electron chi connectivity index (χ0n) is 2.26. The van der Waals surface area contributed by atoms with Gasteiger partial charge in [-0.3, -0.25) is 0 Å². The van der Waals surface area contributed by atoms with Crippen molar-refractivity contribution < 1.29 is 19.4 Å². The van der Waals surface area contributed by atoms with E-state index in [1.165, 1.54) is 0 Å². The Hall–Kier alpha value is -0.125. The molecule has 0 saturated heterocycles. The van der Waals surface area contributed by atoms with E-state index in [1.54, 1.807) is 0 Å². The van der Waals surface area contributed by atoms with Crippen molar-refractivity contribution in [1.82, 2.24) is 0 Å². The van der Waals surface area contributed by atoms with E-state index >= 15 is 0 Å². The predicted octanol–water partition coefficient (Wildman–Crippen LogP) is -1.14. The lowest BCUT2D eigenvalue weighted by molar-refractivity contribution is -0.0560. The smallest absolute Gasteiger partial charge is 0.400 e. The third-order valence-electron chi connectivity index (χ3n) is 0.0797. The van der Waals surface area contributed by atoms with Crippen LogP contribution in [0.4, 0.5) is 4.53 Å². The second-order valence-corrected chi connectivity index (χ2v) is 0.415. The highest BCUT2D eigenvalue weighted by molar-refractivity contribution is 6.32. The largest absolute Gasteiger partial charge is 0.667 e. The number of rotatable bonds is 1. The second-order valence-electron chi connectivity index (χ2n) is 0.415. The van der Waals surface area contributed by atoms with Crippen LogP contribution in [0.3, 0.4) is 0 Å². The van der Waals surface area contributed by atoms with Crippen LogP contribution in [0, 0.1) is 0 Å². The predicted molar refractivity (Wildman–Crippen MR) is 12.4 cm³/mol. The molecule has 0 aromatic rings. The van der Waals surface area contributed by atoms with Gasteiger partial charge in [0.2, 0.25) is 0 Å². The Balaban J connectivity index is 2.54. The van der Waals surface area contributed by atoms with E-state index in [-0.39, 0.29) is 0 Å². The van der Waals surface area contributed by atoms with E-state index in [9.17, 15) is 4.53 Å². The van der Waals surface area contributed by atoms with Gasteiger partial charge in [-0.1, -0.05) is 4.53 Å². The normalized spacial score (nSPS) is 7.80. The highest BCUT2D eigenvalue weighted by Crippen LogP contribution is 1.68. The highest BCUT2D eigenvalue weighted by atomic mass is 19.3. The average molecular weight is 79.8 g/mol. The van der Waals surface area contributed by atoms with Gasteiger partial charge in [0.25, 0.3) is 0 Å². The summed E-state index contributed by atoms with van der Waals surface area (Å²) >= 11 is 0. The van der Waals surface area contributed by atoms with Crippen LogP contribution < -0.4 is 0 Å². The zero-order chi connectivity index (χ0) is 4.28. The maximum atomic E-state index is 10.1. The van der Waals surface area contributed by atoms with Gasteiger partial charge in [-0.15, -0.1) is 0 Å². The standard InChI is InChI=1S/BFH2O3/c2-5-1(3)4/h3-4H. The van der Waals surface area contributed by atoms with Crippen LogP contribution in [-0.2, 0) is 4.86 Å².